The zero-order valence-electron chi connectivity index (χ0n) is 9.84. The van der Waals surface area contributed by atoms with Crippen LogP contribution < -0.4 is 5.32 Å². The first-order valence-electron chi connectivity index (χ1n) is 5.44. The van der Waals surface area contributed by atoms with E-state index in [0.717, 1.165) is 6.07 Å². The quantitative estimate of drug-likeness (QED) is 0.878. The van der Waals surface area contributed by atoms with Crippen molar-refractivity contribution < 1.29 is 17.2 Å². The fraction of sp³-hybridized carbons (Fsp3) is 0.455. The largest absolute Gasteiger partial charge is 0.380 e. The number of anilines is 1. The number of benzene rings is 1. The summed E-state index contributed by atoms with van der Waals surface area (Å²) < 4.78 is 49.0. The van der Waals surface area contributed by atoms with Crippen molar-refractivity contribution in [2.24, 2.45) is 0 Å². The van der Waals surface area contributed by atoms with Gasteiger partial charge in [0.2, 0.25) is 0 Å². The maximum absolute atomic E-state index is 13.3. The maximum Gasteiger partial charge on any atom is 0.152 e. The molecule has 18 heavy (non-hydrogen) atoms. The summed E-state index contributed by atoms with van der Waals surface area (Å²) >= 11 is 5.65. The minimum atomic E-state index is -3.14. The summed E-state index contributed by atoms with van der Waals surface area (Å²) in [6, 6.07) is 1.66. The van der Waals surface area contributed by atoms with Crippen molar-refractivity contribution in [1.82, 2.24) is 0 Å². The smallest absolute Gasteiger partial charge is 0.152 e. The van der Waals surface area contributed by atoms with Crippen LogP contribution in [0.4, 0.5) is 14.5 Å². The molecular formula is C11H14ClF2NO2S. The molecule has 1 aromatic rings. The molecule has 0 unspecified atom stereocenters. The summed E-state index contributed by atoms with van der Waals surface area (Å²) in [4.78, 5) is 0. The van der Waals surface area contributed by atoms with Crippen LogP contribution in [0.25, 0.3) is 0 Å². The lowest BCUT2D eigenvalue weighted by molar-refractivity contribution is 0.584. The molecule has 0 bridgehead atoms. The third kappa shape index (κ3) is 4.42. The van der Waals surface area contributed by atoms with Gasteiger partial charge in [-0.3, -0.25) is 0 Å². The van der Waals surface area contributed by atoms with E-state index in [1.54, 1.807) is 6.92 Å². The Kier molecular flexibility index (Phi) is 5.34. The van der Waals surface area contributed by atoms with Gasteiger partial charge in [0.05, 0.1) is 16.5 Å². The average molecular weight is 298 g/mol. The molecule has 7 heteroatoms. The number of sulfone groups is 1. The van der Waals surface area contributed by atoms with E-state index >= 15 is 0 Å². The second kappa shape index (κ2) is 6.33. The lowest BCUT2D eigenvalue weighted by Gasteiger charge is -2.09. The van der Waals surface area contributed by atoms with Gasteiger partial charge in [-0.1, -0.05) is 18.5 Å². The van der Waals surface area contributed by atoms with Gasteiger partial charge < -0.3 is 5.32 Å². The molecule has 0 spiro atoms. The van der Waals surface area contributed by atoms with Crippen molar-refractivity contribution in [2.75, 3.05) is 23.4 Å². The van der Waals surface area contributed by atoms with Crippen LogP contribution >= 0.6 is 11.6 Å². The van der Waals surface area contributed by atoms with Crippen molar-refractivity contribution in [3.8, 4) is 0 Å². The second-order valence-electron chi connectivity index (χ2n) is 3.82. The molecular weight excluding hydrogens is 284 g/mol. The zero-order valence-corrected chi connectivity index (χ0v) is 11.4. The van der Waals surface area contributed by atoms with Gasteiger partial charge in [0.15, 0.2) is 15.7 Å². The Hall–Kier alpha value is -0.880. The van der Waals surface area contributed by atoms with E-state index < -0.39 is 21.5 Å². The number of hydrogen-bond donors (Lipinski definition) is 1. The predicted molar refractivity (Wildman–Crippen MR) is 68.8 cm³/mol. The molecule has 0 heterocycles. The highest BCUT2D eigenvalue weighted by Gasteiger charge is 2.12. The summed E-state index contributed by atoms with van der Waals surface area (Å²) in [6.07, 6.45) is 0.536. The number of hydrogen-bond acceptors (Lipinski definition) is 3. The second-order valence-corrected chi connectivity index (χ2v) is 6.53. The van der Waals surface area contributed by atoms with E-state index in [0.29, 0.717) is 12.5 Å². The van der Waals surface area contributed by atoms with Crippen molar-refractivity contribution >= 4 is 27.1 Å². The van der Waals surface area contributed by atoms with Crippen molar-refractivity contribution in [3.63, 3.8) is 0 Å². The van der Waals surface area contributed by atoms with Gasteiger partial charge in [-0.2, -0.15) is 0 Å². The lowest BCUT2D eigenvalue weighted by Crippen LogP contribution is -2.18. The van der Waals surface area contributed by atoms with Gasteiger partial charge in [0.1, 0.15) is 5.82 Å². The topological polar surface area (TPSA) is 46.2 Å². The molecule has 0 amide bonds. The third-order valence-electron chi connectivity index (χ3n) is 2.24. The average Bonchev–Trinajstić information content (AvgIpc) is 2.21. The zero-order chi connectivity index (χ0) is 13.8. The highest BCUT2D eigenvalue weighted by Crippen LogP contribution is 2.26. The summed E-state index contributed by atoms with van der Waals surface area (Å²) in [6.45, 7) is 1.80. The Morgan fingerprint density at radius 3 is 2.50 bits per heavy atom. The van der Waals surface area contributed by atoms with E-state index in [1.807, 2.05) is 0 Å². The molecule has 1 rings (SSSR count). The Labute approximate surface area is 110 Å². The molecule has 0 atom stereocenters. The standard InChI is InChI=1S/C11H14ClF2NO2S/c1-2-4-18(16,17)5-3-15-11-9(12)6-8(13)7-10(11)14/h6-7,15H,2-5H2,1H3. The van der Waals surface area contributed by atoms with Crippen LogP contribution in [0.5, 0.6) is 0 Å². The number of halogens is 3. The van der Waals surface area contributed by atoms with Crippen molar-refractivity contribution in [1.29, 1.82) is 0 Å². The van der Waals surface area contributed by atoms with Gasteiger partial charge in [-0.05, 0) is 12.5 Å². The van der Waals surface area contributed by atoms with Crippen molar-refractivity contribution in [2.45, 2.75) is 13.3 Å². The van der Waals surface area contributed by atoms with Crippen LogP contribution in [0.2, 0.25) is 5.02 Å². The highest BCUT2D eigenvalue weighted by molar-refractivity contribution is 7.91. The fourth-order valence-electron chi connectivity index (χ4n) is 1.46. The van der Waals surface area contributed by atoms with Gasteiger partial charge in [-0.25, -0.2) is 17.2 Å². The van der Waals surface area contributed by atoms with Crippen LogP contribution in [0.3, 0.4) is 0 Å². The molecule has 0 aromatic heterocycles. The molecule has 0 radical (unpaired) electrons. The monoisotopic (exact) mass is 297 g/mol. The molecule has 0 aliphatic heterocycles. The molecule has 0 saturated carbocycles. The van der Waals surface area contributed by atoms with Crippen molar-refractivity contribution in [3.05, 3.63) is 28.8 Å². The summed E-state index contributed by atoms with van der Waals surface area (Å²) in [7, 11) is -3.14. The normalized spacial score (nSPS) is 11.6. The Morgan fingerprint density at radius 2 is 1.94 bits per heavy atom. The van der Waals surface area contributed by atoms with Crippen LogP contribution in [-0.2, 0) is 9.84 Å². The first-order chi connectivity index (χ1) is 8.35. The van der Waals surface area contributed by atoms with E-state index in [-0.39, 0.29) is 28.8 Å². The molecule has 1 N–H and O–H groups in total. The lowest BCUT2D eigenvalue weighted by atomic mass is 10.3. The highest BCUT2D eigenvalue weighted by atomic mass is 35.5. The molecule has 1 aromatic carbocycles. The van der Waals surface area contributed by atoms with E-state index in [4.69, 9.17) is 11.6 Å². The van der Waals surface area contributed by atoms with Gasteiger partial charge in [0.25, 0.3) is 0 Å². The predicted octanol–water partition coefficient (Wildman–Crippen LogP) is 2.85. The van der Waals surface area contributed by atoms with Gasteiger partial charge >= 0.3 is 0 Å². The van der Waals surface area contributed by atoms with Crippen LogP contribution in [0, 0.1) is 11.6 Å². The summed E-state index contributed by atoms with van der Waals surface area (Å²) in [5, 5.41) is 2.46. The van der Waals surface area contributed by atoms with Gasteiger partial charge in [0, 0.05) is 18.4 Å². The minimum Gasteiger partial charge on any atom is -0.380 e. The van der Waals surface area contributed by atoms with Crippen LogP contribution in [0.15, 0.2) is 12.1 Å². The minimum absolute atomic E-state index is 0.0323. The Morgan fingerprint density at radius 1 is 1.28 bits per heavy atom. The van der Waals surface area contributed by atoms with Crippen LogP contribution in [-0.4, -0.2) is 26.5 Å². The molecule has 0 fully saturated rings. The van der Waals surface area contributed by atoms with E-state index in [1.165, 1.54) is 0 Å². The van der Waals surface area contributed by atoms with Crippen LogP contribution in [0.1, 0.15) is 13.3 Å². The SMILES string of the molecule is CCCS(=O)(=O)CCNc1c(F)cc(F)cc1Cl. The molecule has 0 aliphatic rings. The molecule has 0 saturated heterocycles. The number of rotatable bonds is 6. The summed E-state index contributed by atoms with van der Waals surface area (Å²) in [5.74, 6) is -1.64. The first kappa shape index (κ1) is 15.2. The molecule has 0 aliphatic carbocycles. The number of nitrogens with one attached hydrogen (secondary N) is 1. The van der Waals surface area contributed by atoms with Gasteiger partial charge in [-0.15, -0.1) is 0 Å². The van der Waals surface area contributed by atoms with E-state index in [9.17, 15) is 17.2 Å². The Bertz CT molecular complexity index is 497. The Balaban J connectivity index is 2.65. The first-order valence-corrected chi connectivity index (χ1v) is 7.64. The molecule has 3 nitrogen and oxygen atoms in total. The third-order valence-corrected chi connectivity index (χ3v) is 4.39. The summed E-state index contributed by atoms with van der Waals surface area (Å²) in [5.41, 5.74) is -0.0789. The fourth-order valence-corrected chi connectivity index (χ4v) is 2.96. The maximum atomic E-state index is 13.3. The molecule has 102 valence electrons. The van der Waals surface area contributed by atoms with E-state index in [2.05, 4.69) is 5.32 Å².